The minimum atomic E-state index is -0.174. The number of aryl methyl sites for hydroxylation is 1. The number of nitrogens with zero attached hydrogens (tertiary/aromatic N) is 2. The maximum Gasteiger partial charge on any atom is 0.223 e. The van der Waals surface area contributed by atoms with Crippen LogP contribution in [0.2, 0.25) is 10.0 Å². The van der Waals surface area contributed by atoms with Gasteiger partial charge in [0.25, 0.3) is 0 Å². The van der Waals surface area contributed by atoms with Crippen molar-refractivity contribution >= 4 is 29.1 Å². The molecule has 1 amide bonds. The number of carbonyl (C=O) groups excluding carboxylic acids is 1. The van der Waals surface area contributed by atoms with E-state index in [2.05, 4.69) is 4.98 Å². The highest BCUT2D eigenvalue weighted by Crippen LogP contribution is 2.29. The van der Waals surface area contributed by atoms with Crippen LogP contribution in [0.25, 0.3) is 0 Å². The Kier molecular flexibility index (Phi) is 5.72. The first-order valence-electron chi connectivity index (χ1n) is 7.88. The third kappa shape index (κ3) is 4.26. The molecule has 1 fully saturated rings. The summed E-state index contributed by atoms with van der Waals surface area (Å²) in [6.07, 6.45) is 2.67. The molecule has 0 aliphatic carbocycles. The predicted octanol–water partition coefficient (Wildman–Crippen LogP) is 3.92. The van der Waals surface area contributed by atoms with Crippen LogP contribution in [0.1, 0.15) is 23.8 Å². The van der Waals surface area contributed by atoms with E-state index in [4.69, 9.17) is 27.9 Å². The van der Waals surface area contributed by atoms with Crippen LogP contribution in [0.3, 0.4) is 0 Å². The Balaban J connectivity index is 1.60. The first-order valence-corrected chi connectivity index (χ1v) is 8.63. The van der Waals surface area contributed by atoms with Crippen molar-refractivity contribution in [2.45, 2.75) is 18.9 Å². The predicted molar refractivity (Wildman–Crippen MR) is 94.3 cm³/mol. The minimum absolute atomic E-state index is 0.119. The molecule has 3 rings (SSSR count). The van der Waals surface area contributed by atoms with Crippen LogP contribution in [0.4, 0.5) is 0 Å². The molecular formula is C18H18Cl2N2O2. The molecule has 0 N–H and O–H groups in total. The molecule has 1 aromatic heterocycles. The number of benzene rings is 1. The zero-order valence-corrected chi connectivity index (χ0v) is 14.6. The van der Waals surface area contributed by atoms with Gasteiger partial charge < -0.3 is 9.64 Å². The largest absolute Gasteiger partial charge is 0.370 e. The molecule has 1 saturated heterocycles. The van der Waals surface area contributed by atoms with E-state index < -0.39 is 0 Å². The summed E-state index contributed by atoms with van der Waals surface area (Å²) in [6, 6.07) is 11.2. The van der Waals surface area contributed by atoms with Crippen LogP contribution < -0.4 is 0 Å². The molecule has 1 atom stereocenters. The monoisotopic (exact) mass is 364 g/mol. The van der Waals surface area contributed by atoms with Gasteiger partial charge in [0, 0.05) is 24.9 Å². The van der Waals surface area contributed by atoms with Crippen LogP contribution in [-0.2, 0) is 16.0 Å². The van der Waals surface area contributed by atoms with E-state index >= 15 is 0 Å². The van der Waals surface area contributed by atoms with Gasteiger partial charge in [-0.15, -0.1) is 0 Å². The molecule has 0 radical (unpaired) electrons. The number of hydrogen-bond acceptors (Lipinski definition) is 3. The average Bonchev–Trinajstić information content (AvgIpc) is 2.63. The molecule has 0 unspecified atom stereocenters. The summed E-state index contributed by atoms with van der Waals surface area (Å²) in [5.41, 5.74) is 1.87. The molecular weight excluding hydrogens is 347 g/mol. The number of hydrogen-bond donors (Lipinski definition) is 0. The quantitative estimate of drug-likeness (QED) is 0.825. The topological polar surface area (TPSA) is 42.4 Å². The second-order valence-electron chi connectivity index (χ2n) is 5.69. The summed E-state index contributed by atoms with van der Waals surface area (Å²) >= 11 is 12.0. The first kappa shape index (κ1) is 17.2. The number of rotatable bonds is 4. The number of pyridine rings is 1. The maximum absolute atomic E-state index is 12.5. The number of amides is 1. The normalized spacial score (nSPS) is 17.8. The molecule has 4 nitrogen and oxygen atoms in total. The molecule has 0 saturated carbocycles. The first-order chi connectivity index (χ1) is 11.6. The second-order valence-corrected chi connectivity index (χ2v) is 6.51. The molecule has 6 heteroatoms. The van der Waals surface area contributed by atoms with Gasteiger partial charge in [0.1, 0.15) is 6.10 Å². The number of halogens is 2. The maximum atomic E-state index is 12.5. The van der Waals surface area contributed by atoms with Crippen molar-refractivity contribution in [3.63, 3.8) is 0 Å². The molecule has 0 spiro atoms. The Morgan fingerprint density at radius 1 is 1.25 bits per heavy atom. The van der Waals surface area contributed by atoms with Crippen molar-refractivity contribution < 1.29 is 9.53 Å². The average molecular weight is 365 g/mol. The van der Waals surface area contributed by atoms with Crippen molar-refractivity contribution in [2.24, 2.45) is 0 Å². The fourth-order valence-corrected chi connectivity index (χ4v) is 3.04. The van der Waals surface area contributed by atoms with Crippen molar-refractivity contribution in [3.8, 4) is 0 Å². The molecule has 0 bridgehead atoms. The van der Waals surface area contributed by atoms with Gasteiger partial charge in [-0.3, -0.25) is 9.78 Å². The second kappa shape index (κ2) is 7.97. The van der Waals surface area contributed by atoms with E-state index in [1.165, 1.54) is 0 Å². The van der Waals surface area contributed by atoms with Crippen molar-refractivity contribution in [3.05, 3.63) is 63.9 Å². The van der Waals surface area contributed by atoms with E-state index in [0.29, 0.717) is 42.6 Å². The van der Waals surface area contributed by atoms with Crippen LogP contribution >= 0.6 is 23.2 Å². The Hall–Kier alpha value is -1.62. The van der Waals surface area contributed by atoms with Gasteiger partial charge in [0.2, 0.25) is 5.91 Å². The lowest BCUT2D eigenvalue weighted by molar-refractivity contribution is -0.139. The highest BCUT2D eigenvalue weighted by atomic mass is 35.5. The van der Waals surface area contributed by atoms with Gasteiger partial charge in [-0.25, -0.2) is 0 Å². The number of ether oxygens (including phenoxy) is 1. The molecule has 24 heavy (non-hydrogen) atoms. The summed E-state index contributed by atoms with van der Waals surface area (Å²) in [7, 11) is 0. The number of morpholine rings is 1. The summed E-state index contributed by atoms with van der Waals surface area (Å²) in [5.74, 6) is 0.119. The Morgan fingerprint density at radius 2 is 2.12 bits per heavy atom. The Bertz CT molecular complexity index is 709. The zero-order valence-electron chi connectivity index (χ0n) is 13.1. The van der Waals surface area contributed by atoms with Gasteiger partial charge in [0.15, 0.2) is 0 Å². The molecule has 1 aromatic carbocycles. The fourth-order valence-electron chi connectivity index (χ4n) is 2.73. The summed E-state index contributed by atoms with van der Waals surface area (Å²) in [6.45, 7) is 1.65. The molecule has 2 heterocycles. The van der Waals surface area contributed by atoms with Crippen LogP contribution in [0.5, 0.6) is 0 Å². The summed E-state index contributed by atoms with van der Waals surface area (Å²) in [5, 5.41) is 1.01. The van der Waals surface area contributed by atoms with E-state index in [1.807, 2.05) is 29.2 Å². The van der Waals surface area contributed by atoms with Crippen molar-refractivity contribution in [2.75, 3.05) is 19.7 Å². The third-order valence-electron chi connectivity index (χ3n) is 4.06. The van der Waals surface area contributed by atoms with Gasteiger partial charge in [-0.2, -0.15) is 0 Å². The van der Waals surface area contributed by atoms with Gasteiger partial charge in [-0.1, -0.05) is 35.3 Å². The lowest BCUT2D eigenvalue weighted by Gasteiger charge is -2.33. The third-order valence-corrected chi connectivity index (χ3v) is 4.79. The highest BCUT2D eigenvalue weighted by Gasteiger charge is 2.25. The Morgan fingerprint density at radius 3 is 2.88 bits per heavy atom. The molecule has 2 aromatic rings. The highest BCUT2D eigenvalue weighted by molar-refractivity contribution is 6.42. The van der Waals surface area contributed by atoms with E-state index in [9.17, 15) is 4.79 Å². The lowest BCUT2D eigenvalue weighted by atomic mass is 10.1. The Labute approximate surface area is 151 Å². The summed E-state index contributed by atoms with van der Waals surface area (Å²) < 4.78 is 5.79. The van der Waals surface area contributed by atoms with E-state index in [1.54, 1.807) is 18.3 Å². The molecule has 1 aliphatic rings. The number of carbonyl (C=O) groups is 1. The minimum Gasteiger partial charge on any atom is -0.370 e. The van der Waals surface area contributed by atoms with Gasteiger partial charge >= 0.3 is 0 Å². The number of aromatic nitrogens is 1. The molecule has 126 valence electrons. The van der Waals surface area contributed by atoms with E-state index in [-0.39, 0.29) is 12.0 Å². The lowest BCUT2D eigenvalue weighted by Crippen LogP contribution is -2.42. The van der Waals surface area contributed by atoms with Crippen molar-refractivity contribution in [1.82, 2.24) is 9.88 Å². The standard InChI is InChI=1S/C18H18Cl2N2O2/c19-15-6-4-13(11-16(15)20)17-12-22(9-10-24-17)18(23)7-5-14-3-1-2-8-21-14/h1-4,6,8,11,17H,5,7,9-10,12H2/t17-/m1/s1. The smallest absolute Gasteiger partial charge is 0.223 e. The SMILES string of the molecule is O=C(CCc1ccccn1)N1CCO[C@@H](c2ccc(Cl)c(Cl)c2)C1. The van der Waals surface area contributed by atoms with Crippen LogP contribution in [0, 0.1) is 0 Å². The van der Waals surface area contributed by atoms with Gasteiger partial charge in [-0.05, 0) is 36.2 Å². The summed E-state index contributed by atoms with van der Waals surface area (Å²) in [4.78, 5) is 18.6. The molecule has 1 aliphatic heterocycles. The van der Waals surface area contributed by atoms with Crippen molar-refractivity contribution in [1.29, 1.82) is 0 Å². The van der Waals surface area contributed by atoms with Crippen LogP contribution in [-0.4, -0.2) is 35.5 Å². The van der Waals surface area contributed by atoms with Crippen LogP contribution in [0.15, 0.2) is 42.6 Å². The van der Waals surface area contributed by atoms with E-state index in [0.717, 1.165) is 11.3 Å². The zero-order chi connectivity index (χ0) is 16.9. The fraction of sp³-hybridized carbons (Fsp3) is 0.333. The van der Waals surface area contributed by atoms with Gasteiger partial charge in [0.05, 0.1) is 23.2 Å².